The van der Waals surface area contributed by atoms with Gasteiger partial charge in [0.15, 0.2) is 0 Å². The maximum atomic E-state index is 2.64. The first-order valence-corrected chi connectivity index (χ1v) is 4.98. The summed E-state index contributed by atoms with van der Waals surface area (Å²) < 4.78 is 0. The van der Waals surface area contributed by atoms with Gasteiger partial charge in [-0.25, -0.2) is 0 Å². The Hall–Kier alpha value is -0.0400. The molecule has 1 heterocycles. The standard InChI is InChI=1S/C10H19N/c1-9-5-8-10(11(9)2)6-3-4-7-10/h9H,3-8H2,1-2H3/t9-/m1/s1. The van der Waals surface area contributed by atoms with E-state index in [0.29, 0.717) is 5.54 Å². The van der Waals surface area contributed by atoms with E-state index in [4.69, 9.17) is 0 Å². The van der Waals surface area contributed by atoms with Gasteiger partial charge in [0.25, 0.3) is 0 Å². The molecule has 1 heteroatoms. The molecule has 1 atom stereocenters. The topological polar surface area (TPSA) is 3.24 Å². The Labute approximate surface area is 69.8 Å². The van der Waals surface area contributed by atoms with Crippen molar-refractivity contribution < 1.29 is 0 Å². The summed E-state index contributed by atoms with van der Waals surface area (Å²) >= 11 is 0. The van der Waals surface area contributed by atoms with E-state index in [0.717, 1.165) is 6.04 Å². The first-order chi connectivity index (χ1) is 5.25. The van der Waals surface area contributed by atoms with Gasteiger partial charge in [-0.05, 0) is 39.7 Å². The maximum Gasteiger partial charge on any atom is 0.0210 e. The summed E-state index contributed by atoms with van der Waals surface area (Å²) in [5, 5.41) is 0. The molecule has 0 bridgehead atoms. The molecule has 64 valence electrons. The second-order valence-corrected chi connectivity index (χ2v) is 4.43. The molecule has 1 spiro atoms. The lowest BCUT2D eigenvalue weighted by Gasteiger charge is -2.34. The molecule has 1 aliphatic heterocycles. The van der Waals surface area contributed by atoms with Crippen LogP contribution in [0.25, 0.3) is 0 Å². The smallest absolute Gasteiger partial charge is 0.0210 e. The van der Waals surface area contributed by atoms with Crippen LogP contribution in [0.2, 0.25) is 0 Å². The van der Waals surface area contributed by atoms with Crippen LogP contribution in [0.15, 0.2) is 0 Å². The zero-order valence-electron chi connectivity index (χ0n) is 7.77. The highest BCUT2D eigenvalue weighted by atomic mass is 15.2. The van der Waals surface area contributed by atoms with Crippen molar-refractivity contribution in [3.05, 3.63) is 0 Å². The van der Waals surface area contributed by atoms with E-state index in [1.165, 1.54) is 38.5 Å². The highest BCUT2D eigenvalue weighted by Crippen LogP contribution is 2.44. The van der Waals surface area contributed by atoms with Crippen molar-refractivity contribution in [2.24, 2.45) is 0 Å². The Bertz CT molecular complexity index is 147. The van der Waals surface area contributed by atoms with E-state index in [1.807, 2.05) is 0 Å². The third-order valence-corrected chi connectivity index (χ3v) is 3.97. The lowest BCUT2D eigenvalue weighted by molar-refractivity contribution is 0.146. The van der Waals surface area contributed by atoms with Crippen LogP contribution < -0.4 is 0 Å². The van der Waals surface area contributed by atoms with Crippen LogP contribution in [0, 0.1) is 0 Å². The molecule has 2 fully saturated rings. The molecule has 1 saturated heterocycles. The van der Waals surface area contributed by atoms with Crippen LogP contribution in [0.5, 0.6) is 0 Å². The van der Waals surface area contributed by atoms with Gasteiger partial charge >= 0.3 is 0 Å². The number of nitrogens with zero attached hydrogens (tertiary/aromatic N) is 1. The molecule has 2 rings (SSSR count). The average Bonchev–Trinajstić information content (AvgIpc) is 2.56. The monoisotopic (exact) mass is 153 g/mol. The van der Waals surface area contributed by atoms with Crippen LogP contribution in [-0.4, -0.2) is 23.5 Å². The summed E-state index contributed by atoms with van der Waals surface area (Å²) in [5.74, 6) is 0. The van der Waals surface area contributed by atoms with Crippen LogP contribution >= 0.6 is 0 Å². The third-order valence-electron chi connectivity index (χ3n) is 3.97. The van der Waals surface area contributed by atoms with Crippen molar-refractivity contribution in [2.45, 2.75) is 57.0 Å². The van der Waals surface area contributed by atoms with Crippen molar-refractivity contribution in [2.75, 3.05) is 7.05 Å². The quantitative estimate of drug-likeness (QED) is 0.516. The maximum absolute atomic E-state index is 2.64. The minimum Gasteiger partial charge on any atom is -0.298 e. The van der Waals surface area contributed by atoms with Crippen LogP contribution in [0.3, 0.4) is 0 Å². The summed E-state index contributed by atoms with van der Waals surface area (Å²) in [6.07, 6.45) is 8.76. The van der Waals surface area contributed by atoms with E-state index >= 15 is 0 Å². The SMILES string of the molecule is C[C@@H]1CCC2(CCCC2)N1C. The van der Waals surface area contributed by atoms with Gasteiger partial charge in [0.05, 0.1) is 0 Å². The van der Waals surface area contributed by atoms with Crippen molar-refractivity contribution in [1.82, 2.24) is 4.90 Å². The molecule has 0 aromatic heterocycles. The van der Waals surface area contributed by atoms with Gasteiger partial charge in [0.2, 0.25) is 0 Å². The molecule has 0 aromatic rings. The Balaban J connectivity index is 2.13. The minimum absolute atomic E-state index is 0.652. The summed E-state index contributed by atoms with van der Waals surface area (Å²) in [6.45, 7) is 2.37. The van der Waals surface area contributed by atoms with Gasteiger partial charge in [0, 0.05) is 11.6 Å². The number of hydrogen-bond donors (Lipinski definition) is 0. The summed E-state index contributed by atoms with van der Waals surface area (Å²) in [6, 6.07) is 0.841. The van der Waals surface area contributed by atoms with E-state index in [9.17, 15) is 0 Å². The largest absolute Gasteiger partial charge is 0.298 e. The van der Waals surface area contributed by atoms with Gasteiger partial charge in [-0.15, -0.1) is 0 Å². The highest BCUT2D eigenvalue weighted by molar-refractivity contribution is 5.00. The minimum atomic E-state index is 0.652. The second kappa shape index (κ2) is 2.48. The third kappa shape index (κ3) is 1.01. The number of hydrogen-bond acceptors (Lipinski definition) is 1. The fourth-order valence-corrected chi connectivity index (χ4v) is 2.95. The molecular weight excluding hydrogens is 134 g/mol. The summed E-state index contributed by atoms with van der Waals surface area (Å²) in [5.41, 5.74) is 0.652. The summed E-state index contributed by atoms with van der Waals surface area (Å²) in [7, 11) is 2.32. The van der Waals surface area contributed by atoms with Crippen LogP contribution in [0.4, 0.5) is 0 Å². The first kappa shape index (κ1) is 7.60. The van der Waals surface area contributed by atoms with Crippen LogP contribution in [0.1, 0.15) is 45.4 Å². The summed E-state index contributed by atoms with van der Waals surface area (Å²) in [4.78, 5) is 2.64. The first-order valence-electron chi connectivity index (χ1n) is 4.98. The van der Waals surface area contributed by atoms with Gasteiger partial charge in [-0.2, -0.15) is 0 Å². The molecule has 0 radical (unpaired) electrons. The Morgan fingerprint density at radius 3 is 2.27 bits per heavy atom. The molecule has 1 nitrogen and oxygen atoms in total. The van der Waals surface area contributed by atoms with E-state index in [1.54, 1.807) is 0 Å². The zero-order valence-corrected chi connectivity index (χ0v) is 7.77. The fraction of sp³-hybridized carbons (Fsp3) is 1.00. The average molecular weight is 153 g/mol. The molecule has 0 unspecified atom stereocenters. The van der Waals surface area contributed by atoms with Crippen molar-refractivity contribution in [1.29, 1.82) is 0 Å². The van der Waals surface area contributed by atoms with E-state index in [2.05, 4.69) is 18.9 Å². The van der Waals surface area contributed by atoms with Crippen molar-refractivity contribution >= 4 is 0 Å². The van der Waals surface area contributed by atoms with Gasteiger partial charge in [0.1, 0.15) is 0 Å². The molecule has 0 aromatic carbocycles. The number of rotatable bonds is 0. The number of likely N-dealkylation sites (tertiary alicyclic amines) is 1. The Morgan fingerprint density at radius 1 is 1.18 bits per heavy atom. The Kier molecular flexibility index (Phi) is 1.71. The lowest BCUT2D eigenvalue weighted by atomic mass is 9.95. The van der Waals surface area contributed by atoms with Crippen molar-refractivity contribution in [3.8, 4) is 0 Å². The predicted molar refractivity (Wildman–Crippen MR) is 47.7 cm³/mol. The molecule has 11 heavy (non-hydrogen) atoms. The second-order valence-electron chi connectivity index (χ2n) is 4.43. The predicted octanol–water partition coefficient (Wildman–Crippen LogP) is 2.41. The Morgan fingerprint density at radius 2 is 1.82 bits per heavy atom. The van der Waals surface area contributed by atoms with Gasteiger partial charge in [-0.3, -0.25) is 4.90 Å². The molecule has 2 aliphatic rings. The van der Waals surface area contributed by atoms with E-state index in [-0.39, 0.29) is 0 Å². The fourth-order valence-electron chi connectivity index (χ4n) is 2.95. The molecule has 1 aliphatic carbocycles. The molecule has 1 saturated carbocycles. The molecule has 0 N–H and O–H groups in total. The van der Waals surface area contributed by atoms with Gasteiger partial charge in [-0.1, -0.05) is 12.8 Å². The van der Waals surface area contributed by atoms with Crippen LogP contribution in [-0.2, 0) is 0 Å². The van der Waals surface area contributed by atoms with E-state index < -0.39 is 0 Å². The highest BCUT2D eigenvalue weighted by Gasteiger charge is 2.43. The molecule has 0 amide bonds. The normalized spacial score (nSPS) is 37.1. The zero-order chi connectivity index (χ0) is 7.90. The van der Waals surface area contributed by atoms with Gasteiger partial charge < -0.3 is 0 Å². The molecular formula is C10H19N. The van der Waals surface area contributed by atoms with Crippen molar-refractivity contribution in [3.63, 3.8) is 0 Å². The lowest BCUT2D eigenvalue weighted by Crippen LogP contribution is -2.41.